The van der Waals surface area contributed by atoms with Gasteiger partial charge in [-0.15, -0.1) is 0 Å². The smallest absolute Gasteiger partial charge is 0.254 e. The van der Waals surface area contributed by atoms with Gasteiger partial charge in [0.05, 0.1) is 17.3 Å². The molecule has 0 radical (unpaired) electrons. The zero-order chi connectivity index (χ0) is 15.8. The summed E-state index contributed by atoms with van der Waals surface area (Å²) in [5.74, 6) is 1.63. The van der Waals surface area contributed by atoms with E-state index in [1.54, 1.807) is 6.20 Å². The third-order valence-electron chi connectivity index (χ3n) is 4.65. The van der Waals surface area contributed by atoms with Crippen molar-refractivity contribution < 1.29 is 4.79 Å². The molecule has 6 heteroatoms. The Balaban J connectivity index is 1.50. The third kappa shape index (κ3) is 2.50. The minimum absolute atomic E-state index is 0.0471. The number of amides is 1. The summed E-state index contributed by atoms with van der Waals surface area (Å²) in [6.07, 6.45) is 7.61. The molecular formula is C17H19N5O. The van der Waals surface area contributed by atoms with Gasteiger partial charge in [-0.2, -0.15) is 5.10 Å². The Hall–Kier alpha value is -2.63. The number of hydrogen-bond donors (Lipinski definition) is 1. The molecule has 1 aromatic carbocycles. The van der Waals surface area contributed by atoms with Crippen molar-refractivity contribution in [3.05, 3.63) is 48.2 Å². The third-order valence-corrected chi connectivity index (χ3v) is 4.65. The lowest BCUT2D eigenvalue weighted by Crippen LogP contribution is -2.35. The lowest BCUT2D eigenvalue weighted by Gasteiger charge is -2.28. The van der Waals surface area contributed by atoms with Gasteiger partial charge >= 0.3 is 0 Å². The number of H-pyrrole nitrogens is 1. The van der Waals surface area contributed by atoms with Crippen LogP contribution < -0.4 is 0 Å². The van der Waals surface area contributed by atoms with Gasteiger partial charge in [0.2, 0.25) is 0 Å². The number of imidazole rings is 1. The molecule has 0 bridgehead atoms. The van der Waals surface area contributed by atoms with Crippen LogP contribution in [0.5, 0.6) is 0 Å². The van der Waals surface area contributed by atoms with Crippen molar-refractivity contribution in [2.24, 2.45) is 5.92 Å². The first-order valence-corrected chi connectivity index (χ1v) is 7.90. The zero-order valence-electron chi connectivity index (χ0n) is 13.1. The molecule has 3 heterocycles. The van der Waals surface area contributed by atoms with Crippen molar-refractivity contribution in [1.82, 2.24) is 24.6 Å². The highest BCUT2D eigenvalue weighted by Crippen LogP contribution is 2.22. The Morgan fingerprint density at radius 2 is 2.39 bits per heavy atom. The first kappa shape index (κ1) is 14.0. The largest absolute Gasteiger partial charge is 0.341 e. The highest BCUT2D eigenvalue weighted by atomic mass is 16.2. The second kappa shape index (κ2) is 5.53. The van der Waals surface area contributed by atoms with Crippen LogP contribution in [-0.2, 0) is 13.0 Å². The number of rotatable bonds is 3. The van der Waals surface area contributed by atoms with E-state index in [1.807, 2.05) is 42.5 Å². The van der Waals surface area contributed by atoms with Crippen molar-refractivity contribution in [2.45, 2.75) is 19.4 Å². The van der Waals surface area contributed by atoms with Gasteiger partial charge in [-0.3, -0.25) is 9.89 Å². The zero-order valence-corrected chi connectivity index (χ0v) is 13.1. The number of fused-ring (bicyclic) bond motifs is 2. The normalized spacial score (nSPS) is 17.2. The van der Waals surface area contributed by atoms with Gasteiger partial charge in [-0.05, 0) is 24.5 Å². The molecule has 23 heavy (non-hydrogen) atoms. The van der Waals surface area contributed by atoms with Crippen LogP contribution in [0.15, 0.2) is 36.8 Å². The summed E-state index contributed by atoms with van der Waals surface area (Å²) < 4.78 is 2.20. The number of carbonyl (C=O) groups is 1. The summed E-state index contributed by atoms with van der Waals surface area (Å²) in [6, 6.07) is 5.68. The summed E-state index contributed by atoms with van der Waals surface area (Å²) in [5.41, 5.74) is 1.60. The number of aromatic nitrogens is 4. The van der Waals surface area contributed by atoms with Crippen LogP contribution in [-0.4, -0.2) is 44.1 Å². The molecule has 6 nitrogen and oxygen atoms in total. The highest BCUT2D eigenvalue weighted by molar-refractivity contribution is 6.05. The molecule has 0 fully saturated rings. The van der Waals surface area contributed by atoms with Gasteiger partial charge in [0.25, 0.3) is 5.91 Å². The van der Waals surface area contributed by atoms with Crippen molar-refractivity contribution >= 4 is 16.8 Å². The maximum absolute atomic E-state index is 12.8. The predicted octanol–water partition coefficient (Wildman–Crippen LogP) is 2.09. The fourth-order valence-electron chi connectivity index (χ4n) is 3.40. The summed E-state index contributed by atoms with van der Waals surface area (Å²) in [6.45, 7) is 1.74. The van der Waals surface area contributed by atoms with E-state index in [1.165, 1.54) is 0 Å². The molecule has 1 aliphatic rings. The first-order chi connectivity index (χ1) is 11.2. The predicted molar refractivity (Wildman–Crippen MR) is 87.1 cm³/mol. The number of benzene rings is 1. The monoisotopic (exact) mass is 309 g/mol. The second-order valence-corrected chi connectivity index (χ2v) is 6.22. The van der Waals surface area contributed by atoms with Gasteiger partial charge < -0.3 is 9.47 Å². The number of aromatic amines is 1. The number of carbonyl (C=O) groups excluding carboxylic acids is 1. The molecule has 2 aromatic heterocycles. The average Bonchev–Trinajstić information content (AvgIpc) is 3.21. The SMILES string of the molecule is CN(C[C@@H]1CCn2ccnc2C1)C(=O)c1cccc2[nH]ncc12. The van der Waals surface area contributed by atoms with E-state index >= 15 is 0 Å². The Bertz CT molecular complexity index is 849. The molecule has 118 valence electrons. The molecule has 1 atom stereocenters. The topological polar surface area (TPSA) is 66.8 Å². The number of aryl methyl sites for hydroxylation is 1. The molecule has 0 unspecified atom stereocenters. The molecule has 1 N–H and O–H groups in total. The maximum Gasteiger partial charge on any atom is 0.254 e. The molecule has 0 spiro atoms. The van der Waals surface area contributed by atoms with E-state index in [9.17, 15) is 4.79 Å². The Kier molecular flexibility index (Phi) is 3.37. The Labute approximate surface area is 134 Å². The van der Waals surface area contributed by atoms with Crippen molar-refractivity contribution in [3.8, 4) is 0 Å². The van der Waals surface area contributed by atoms with Gasteiger partial charge in [0.15, 0.2) is 0 Å². The van der Waals surface area contributed by atoms with Crippen molar-refractivity contribution in [3.63, 3.8) is 0 Å². The summed E-state index contributed by atoms with van der Waals surface area (Å²) in [5, 5.41) is 7.82. The molecule has 4 rings (SSSR count). The van der Waals surface area contributed by atoms with E-state index in [0.29, 0.717) is 11.5 Å². The van der Waals surface area contributed by atoms with E-state index in [2.05, 4.69) is 19.7 Å². The Morgan fingerprint density at radius 1 is 1.48 bits per heavy atom. The fraction of sp³-hybridized carbons (Fsp3) is 0.353. The van der Waals surface area contributed by atoms with Gasteiger partial charge in [0.1, 0.15) is 5.82 Å². The number of nitrogens with one attached hydrogen (secondary N) is 1. The molecule has 1 aliphatic heterocycles. The molecule has 0 saturated carbocycles. The summed E-state index contributed by atoms with van der Waals surface area (Å²) >= 11 is 0. The van der Waals surface area contributed by atoms with Crippen molar-refractivity contribution in [2.75, 3.05) is 13.6 Å². The quantitative estimate of drug-likeness (QED) is 0.805. The Morgan fingerprint density at radius 3 is 3.30 bits per heavy atom. The van der Waals surface area contributed by atoms with Crippen LogP contribution in [0.25, 0.3) is 10.9 Å². The number of nitrogens with zero attached hydrogens (tertiary/aromatic N) is 4. The van der Waals surface area contributed by atoms with Gasteiger partial charge in [0, 0.05) is 44.3 Å². The molecule has 0 aliphatic carbocycles. The van der Waals surface area contributed by atoms with Crippen LogP contribution in [0.1, 0.15) is 22.6 Å². The molecule has 1 amide bonds. The average molecular weight is 309 g/mol. The van der Waals surface area contributed by atoms with Gasteiger partial charge in [-0.25, -0.2) is 4.98 Å². The first-order valence-electron chi connectivity index (χ1n) is 7.90. The van der Waals surface area contributed by atoms with E-state index < -0.39 is 0 Å². The van der Waals surface area contributed by atoms with E-state index in [0.717, 1.165) is 42.7 Å². The molecule has 0 saturated heterocycles. The lowest BCUT2D eigenvalue weighted by atomic mass is 9.97. The minimum atomic E-state index is 0.0471. The van der Waals surface area contributed by atoms with Gasteiger partial charge in [-0.1, -0.05) is 6.07 Å². The van der Waals surface area contributed by atoms with E-state index in [4.69, 9.17) is 0 Å². The number of hydrogen-bond acceptors (Lipinski definition) is 3. The van der Waals surface area contributed by atoms with Crippen LogP contribution in [0.4, 0.5) is 0 Å². The minimum Gasteiger partial charge on any atom is -0.341 e. The highest BCUT2D eigenvalue weighted by Gasteiger charge is 2.23. The summed E-state index contributed by atoms with van der Waals surface area (Å²) in [7, 11) is 1.88. The lowest BCUT2D eigenvalue weighted by molar-refractivity contribution is 0.0766. The van der Waals surface area contributed by atoms with Crippen LogP contribution in [0, 0.1) is 5.92 Å². The molecule has 3 aromatic rings. The van der Waals surface area contributed by atoms with Crippen LogP contribution in [0.3, 0.4) is 0 Å². The van der Waals surface area contributed by atoms with Crippen LogP contribution in [0.2, 0.25) is 0 Å². The second-order valence-electron chi connectivity index (χ2n) is 6.22. The van der Waals surface area contributed by atoms with E-state index in [-0.39, 0.29) is 5.91 Å². The maximum atomic E-state index is 12.8. The summed E-state index contributed by atoms with van der Waals surface area (Å²) in [4.78, 5) is 19.0. The van der Waals surface area contributed by atoms with Crippen LogP contribution >= 0.6 is 0 Å². The van der Waals surface area contributed by atoms with Crippen molar-refractivity contribution in [1.29, 1.82) is 0 Å². The molecular weight excluding hydrogens is 290 g/mol. The standard InChI is InChI=1S/C17H19N5O/c1-21(11-12-5-7-22-8-6-18-16(22)9-12)17(23)13-3-2-4-15-14(13)10-19-20-15/h2-4,6,8,10,12H,5,7,9,11H2,1H3,(H,19,20)/t12-/m1/s1. The fourth-order valence-corrected chi connectivity index (χ4v) is 3.40.